The highest BCUT2D eigenvalue weighted by Gasteiger charge is 2.49. The second-order valence-electron chi connectivity index (χ2n) is 16.7. The number of ether oxygens (including phenoxy) is 3. The van der Waals surface area contributed by atoms with Crippen LogP contribution < -0.4 is 10.1 Å². The van der Waals surface area contributed by atoms with E-state index in [0.29, 0.717) is 25.9 Å². The highest BCUT2D eigenvalue weighted by molar-refractivity contribution is 14.1. The topological polar surface area (TPSA) is 113 Å². The SMILES string of the molecule is COc1ccc(CO[C@H](/C=C/I)[C@@H](C)CC(=O)C[C@H](C)[C@@H]2O[C@H](CNC(=O)O)[C@H](O[Si](C)(C)C(C)(C)C)C[C@@H]2O[Si](C)(C)C(C)(C)C)cc1. The summed E-state index contributed by atoms with van der Waals surface area (Å²) in [6.45, 7) is 26.7. The van der Waals surface area contributed by atoms with Crippen molar-refractivity contribution in [3.8, 4) is 5.75 Å². The van der Waals surface area contributed by atoms with Crippen LogP contribution in [0.5, 0.6) is 5.75 Å². The van der Waals surface area contributed by atoms with Crippen LogP contribution in [0.15, 0.2) is 34.4 Å². The summed E-state index contributed by atoms with van der Waals surface area (Å²) in [6.07, 6.45) is 0.391. The fourth-order valence-corrected chi connectivity index (χ4v) is 8.65. The average Bonchev–Trinajstić information content (AvgIpc) is 2.97. The van der Waals surface area contributed by atoms with Gasteiger partial charge in [-0.3, -0.25) is 4.79 Å². The van der Waals surface area contributed by atoms with Crippen molar-refractivity contribution < 1.29 is 37.8 Å². The Balaban J connectivity index is 2.28. The summed E-state index contributed by atoms with van der Waals surface area (Å²) in [6, 6.07) is 7.79. The fraction of sp³-hybridized carbons (Fsp3) is 0.730. The Morgan fingerprint density at radius 1 is 0.980 bits per heavy atom. The van der Waals surface area contributed by atoms with Crippen molar-refractivity contribution in [1.82, 2.24) is 5.32 Å². The van der Waals surface area contributed by atoms with E-state index in [0.717, 1.165) is 11.3 Å². The van der Waals surface area contributed by atoms with Gasteiger partial charge >= 0.3 is 6.09 Å². The van der Waals surface area contributed by atoms with Crippen molar-refractivity contribution in [2.45, 2.75) is 148 Å². The smallest absolute Gasteiger partial charge is 0.404 e. The predicted octanol–water partition coefficient (Wildman–Crippen LogP) is 9.36. The van der Waals surface area contributed by atoms with E-state index in [1.165, 1.54) is 0 Å². The molecule has 1 amide bonds. The van der Waals surface area contributed by atoms with Crippen LogP contribution in [0.2, 0.25) is 36.3 Å². The van der Waals surface area contributed by atoms with Gasteiger partial charge in [-0.2, -0.15) is 0 Å². The lowest BCUT2D eigenvalue weighted by Gasteiger charge is -2.50. The van der Waals surface area contributed by atoms with Gasteiger partial charge in [0.05, 0.1) is 38.1 Å². The number of hydrogen-bond donors (Lipinski definition) is 2. The number of ketones is 1. The summed E-state index contributed by atoms with van der Waals surface area (Å²) < 4.78 is 34.3. The zero-order valence-electron chi connectivity index (χ0n) is 32.2. The Morgan fingerprint density at radius 2 is 1.53 bits per heavy atom. The molecule has 12 heteroatoms. The van der Waals surface area contributed by atoms with E-state index in [4.69, 9.17) is 23.1 Å². The molecular formula is C37H64INO8Si2. The molecular weight excluding hydrogens is 769 g/mol. The molecule has 1 heterocycles. The quantitative estimate of drug-likeness (QED) is 0.118. The lowest BCUT2D eigenvalue weighted by molar-refractivity contribution is -0.175. The lowest BCUT2D eigenvalue weighted by atomic mass is 9.86. The van der Waals surface area contributed by atoms with Crippen molar-refractivity contribution in [3.05, 3.63) is 40.0 Å². The molecule has 0 aliphatic carbocycles. The third-order valence-electron chi connectivity index (χ3n) is 10.6. The first-order valence-corrected chi connectivity index (χ1v) is 24.6. The molecule has 280 valence electrons. The third kappa shape index (κ3) is 13.3. The Labute approximate surface area is 312 Å². The number of carboxylic acid groups (broad SMARTS) is 1. The number of amides is 1. The molecule has 0 saturated carbocycles. The van der Waals surface area contributed by atoms with Crippen LogP contribution >= 0.6 is 22.6 Å². The Morgan fingerprint density at radius 3 is 2.02 bits per heavy atom. The first-order valence-electron chi connectivity index (χ1n) is 17.5. The minimum Gasteiger partial charge on any atom is -0.497 e. The summed E-state index contributed by atoms with van der Waals surface area (Å²) >= 11 is 2.19. The highest BCUT2D eigenvalue weighted by atomic mass is 127. The van der Waals surface area contributed by atoms with Crippen molar-refractivity contribution in [2.75, 3.05) is 13.7 Å². The molecule has 1 fully saturated rings. The van der Waals surface area contributed by atoms with Gasteiger partial charge in [-0.15, -0.1) is 0 Å². The monoisotopic (exact) mass is 833 g/mol. The summed E-state index contributed by atoms with van der Waals surface area (Å²) in [7, 11) is -2.84. The largest absolute Gasteiger partial charge is 0.497 e. The molecule has 1 saturated heterocycles. The molecule has 0 radical (unpaired) electrons. The van der Waals surface area contributed by atoms with Crippen molar-refractivity contribution in [3.63, 3.8) is 0 Å². The van der Waals surface area contributed by atoms with Crippen LogP contribution in [-0.4, -0.2) is 77.8 Å². The molecule has 0 unspecified atom stereocenters. The zero-order chi connectivity index (χ0) is 37.4. The van der Waals surface area contributed by atoms with Crippen molar-refractivity contribution >= 4 is 51.1 Å². The number of Topliss-reactive ketones (excluding diaryl/α,β-unsaturated/α-hetero) is 1. The molecule has 0 bridgehead atoms. The van der Waals surface area contributed by atoms with Crippen LogP contribution in [0.4, 0.5) is 4.79 Å². The van der Waals surface area contributed by atoms with Gasteiger partial charge in [0.25, 0.3) is 0 Å². The normalized spacial score (nSPS) is 22.8. The summed E-state index contributed by atoms with van der Waals surface area (Å²) in [5.74, 6) is 0.733. The maximum Gasteiger partial charge on any atom is 0.404 e. The van der Waals surface area contributed by atoms with E-state index in [9.17, 15) is 14.7 Å². The van der Waals surface area contributed by atoms with Gasteiger partial charge in [0.1, 0.15) is 17.6 Å². The van der Waals surface area contributed by atoms with Gasteiger partial charge in [-0.1, -0.05) is 90.1 Å². The molecule has 49 heavy (non-hydrogen) atoms. The average molecular weight is 834 g/mol. The standard InChI is InChI=1S/C37H64INO8Si2/c1-25(30(18-19-38)44-24-27-14-16-29(43-9)17-15-27)20-28(40)21-26(2)34-32(47-49(12,13)37(6,7)8)22-31(33(45-34)23-39-35(41)42)46-48(10,11)36(3,4)5/h14-19,25-26,30-34,39H,20-24H2,1-13H3,(H,41,42)/b19-18+/t25-,26-,30+,31+,32-,33+,34-/m0/s1. The van der Waals surface area contributed by atoms with Gasteiger partial charge in [0.2, 0.25) is 0 Å². The maximum atomic E-state index is 13.7. The molecule has 7 atom stereocenters. The van der Waals surface area contributed by atoms with Crippen LogP contribution in [0.25, 0.3) is 0 Å². The number of benzene rings is 1. The van der Waals surface area contributed by atoms with Gasteiger partial charge in [-0.05, 0) is 76.0 Å². The molecule has 9 nitrogen and oxygen atoms in total. The van der Waals surface area contributed by atoms with E-state index in [-0.39, 0.29) is 52.6 Å². The van der Waals surface area contributed by atoms with Crippen LogP contribution in [0, 0.1) is 11.8 Å². The molecule has 0 spiro atoms. The van der Waals surface area contributed by atoms with Crippen LogP contribution in [0.3, 0.4) is 0 Å². The number of rotatable bonds is 17. The molecule has 2 rings (SSSR count). The fourth-order valence-electron chi connectivity index (χ4n) is 5.54. The van der Waals surface area contributed by atoms with Crippen molar-refractivity contribution in [2.24, 2.45) is 11.8 Å². The maximum absolute atomic E-state index is 13.7. The third-order valence-corrected chi connectivity index (χ3v) is 20.0. The molecule has 1 aliphatic heterocycles. The second-order valence-corrected chi connectivity index (χ2v) is 27.0. The number of nitrogens with one attached hydrogen (secondary N) is 1. The van der Waals surface area contributed by atoms with Crippen LogP contribution in [0.1, 0.15) is 80.2 Å². The van der Waals surface area contributed by atoms with Crippen molar-refractivity contribution in [1.29, 1.82) is 0 Å². The summed E-state index contributed by atoms with van der Waals surface area (Å²) in [5, 5.41) is 12.0. The predicted molar refractivity (Wildman–Crippen MR) is 211 cm³/mol. The minimum atomic E-state index is -2.25. The molecule has 1 aromatic rings. The Bertz CT molecular complexity index is 1230. The molecule has 0 aromatic heterocycles. The Kier molecular flexibility index (Phi) is 16.5. The number of methoxy groups -OCH3 is 1. The summed E-state index contributed by atoms with van der Waals surface area (Å²) in [5.41, 5.74) is 1.03. The van der Waals surface area contributed by atoms with Gasteiger partial charge in [0.15, 0.2) is 16.6 Å². The van der Waals surface area contributed by atoms with E-state index in [1.54, 1.807) is 7.11 Å². The second kappa shape index (κ2) is 18.5. The molecule has 2 N–H and O–H groups in total. The van der Waals surface area contributed by atoms with E-state index >= 15 is 0 Å². The minimum absolute atomic E-state index is 0.0312. The lowest BCUT2D eigenvalue weighted by Crippen LogP contribution is -2.60. The number of carbonyl (C=O) groups excluding carboxylic acids is 1. The van der Waals surface area contributed by atoms with Gasteiger partial charge in [-0.25, -0.2) is 4.79 Å². The van der Waals surface area contributed by atoms with Gasteiger partial charge in [0, 0.05) is 25.8 Å². The van der Waals surface area contributed by atoms with Gasteiger partial charge < -0.3 is 33.5 Å². The first-order chi connectivity index (χ1) is 22.5. The summed E-state index contributed by atoms with van der Waals surface area (Å²) in [4.78, 5) is 25.3. The first kappa shape index (κ1) is 43.9. The molecule has 1 aromatic carbocycles. The number of halogens is 1. The zero-order valence-corrected chi connectivity index (χ0v) is 36.4. The number of carbonyl (C=O) groups is 2. The highest BCUT2D eigenvalue weighted by Crippen LogP contribution is 2.43. The van der Waals surface area contributed by atoms with E-state index in [2.05, 4.69) is 103 Å². The molecule has 1 aliphatic rings. The van der Waals surface area contributed by atoms with E-state index in [1.807, 2.05) is 41.3 Å². The van der Waals surface area contributed by atoms with E-state index < -0.39 is 34.9 Å². The van der Waals surface area contributed by atoms with Crippen LogP contribution in [-0.2, 0) is 29.7 Å². The Hall–Kier alpha value is -1.30. The number of hydrogen-bond acceptors (Lipinski definition) is 7.